The van der Waals surface area contributed by atoms with E-state index in [1.54, 1.807) is 0 Å². The molecule has 0 saturated carbocycles. The van der Waals surface area contributed by atoms with Gasteiger partial charge in [0.2, 0.25) is 0 Å². The standard InChI is InChI=1S/C63H118O6/c1-4-7-10-13-15-17-19-21-23-25-26-27-28-29-30-31-32-33-34-35-36-38-39-41-43-45-47-50-53-56-62(65)68-59-60(58-67-61(64)55-52-49-12-9-6-3)69-63(66)57-54-51-48-46-44-42-40-37-24-22-20-18-16-14-11-8-5-2/h19,21,25-26,60H,4-18,20,22-24,27-59H2,1-3H3/b21-19-,26-25-. The fraction of sp³-hybridized carbons (Fsp3) is 0.889. The van der Waals surface area contributed by atoms with Crippen LogP contribution in [0.3, 0.4) is 0 Å². The van der Waals surface area contributed by atoms with Crippen LogP contribution < -0.4 is 0 Å². The molecule has 0 heterocycles. The van der Waals surface area contributed by atoms with Gasteiger partial charge in [0.25, 0.3) is 0 Å². The van der Waals surface area contributed by atoms with E-state index in [1.807, 2.05) is 0 Å². The Labute approximate surface area is 430 Å². The van der Waals surface area contributed by atoms with Crippen molar-refractivity contribution in [3.63, 3.8) is 0 Å². The molecule has 6 nitrogen and oxygen atoms in total. The van der Waals surface area contributed by atoms with Gasteiger partial charge in [0.05, 0.1) is 0 Å². The number of carbonyl (C=O) groups is 3. The fourth-order valence-corrected chi connectivity index (χ4v) is 9.30. The molecule has 1 unspecified atom stereocenters. The van der Waals surface area contributed by atoms with Gasteiger partial charge in [0, 0.05) is 19.3 Å². The zero-order chi connectivity index (χ0) is 50.0. The Balaban J connectivity index is 3.95. The molecule has 0 fully saturated rings. The Morgan fingerprint density at radius 2 is 0.522 bits per heavy atom. The van der Waals surface area contributed by atoms with Crippen molar-refractivity contribution >= 4 is 17.9 Å². The minimum atomic E-state index is -0.762. The maximum atomic E-state index is 12.8. The van der Waals surface area contributed by atoms with E-state index in [-0.39, 0.29) is 31.1 Å². The van der Waals surface area contributed by atoms with Gasteiger partial charge >= 0.3 is 17.9 Å². The summed E-state index contributed by atoms with van der Waals surface area (Å²) in [5, 5.41) is 0. The van der Waals surface area contributed by atoms with Gasteiger partial charge in [-0.3, -0.25) is 14.4 Å². The normalized spacial score (nSPS) is 12.1. The number of unbranched alkanes of at least 4 members (excludes halogenated alkanes) is 42. The molecule has 0 saturated heterocycles. The summed E-state index contributed by atoms with van der Waals surface area (Å²) in [4.78, 5) is 37.8. The van der Waals surface area contributed by atoms with Crippen LogP contribution in [-0.4, -0.2) is 37.2 Å². The lowest BCUT2D eigenvalue weighted by Gasteiger charge is -2.18. The van der Waals surface area contributed by atoms with Crippen molar-refractivity contribution in [3.8, 4) is 0 Å². The highest BCUT2D eigenvalue weighted by Gasteiger charge is 2.19. The molecule has 0 amide bonds. The molecule has 0 rings (SSSR count). The average Bonchev–Trinajstić information content (AvgIpc) is 3.35. The van der Waals surface area contributed by atoms with Crippen molar-refractivity contribution in [2.45, 2.75) is 348 Å². The van der Waals surface area contributed by atoms with Gasteiger partial charge in [-0.25, -0.2) is 0 Å². The van der Waals surface area contributed by atoms with Crippen molar-refractivity contribution in [1.29, 1.82) is 0 Å². The summed E-state index contributed by atoms with van der Waals surface area (Å²) in [5.41, 5.74) is 0. The second kappa shape index (κ2) is 58.5. The first-order valence-corrected chi connectivity index (χ1v) is 30.8. The van der Waals surface area contributed by atoms with E-state index in [1.165, 1.54) is 231 Å². The molecule has 0 radical (unpaired) electrons. The lowest BCUT2D eigenvalue weighted by molar-refractivity contribution is -0.167. The van der Waals surface area contributed by atoms with Crippen LogP contribution in [0.25, 0.3) is 0 Å². The van der Waals surface area contributed by atoms with Gasteiger partial charge in [0.1, 0.15) is 13.2 Å². The number of allylic oxidation sites excluding steroid dienone is 4. The van der Waals surface area contributed by atoms with Gasteiger partial charge in [-0.2, -0.15) is 0 Å². The zero-order valence-corrected chi connectivity index (χ0v) is 46.6. The summed E-state index contributed by atoms with van der Waals surface area (Å²) in [6.07, 6.45) is 69.5. The van der Waals surface area contributed by atoms with Gasteiger partial charge in [0.15, 0.2) is 6.10 Å². The molecular weight excluding hydrogens is 853 g/mol. The van der Waals surface area contributed by atoms with Crippen molar-refractivity contribution in [1.82, 2.24) is 0 Å². The van der Waals surface area contributed by atoms with Gasteiger partial charge < -0.3 is 14.2 Å². The first-order valence-electron chi connectivity index (χ1n) is 30.8. The van der Waals surface area contributed by atoms with Gasteiger partial charge in [-0.1, -0.05) is 295 Å². The molecule has 69 heavy (non-hydrogen) atoms. The van der Waals surface area contributed by atoms with Crippen molar-refractivity contribution in [3.05, 3.63) is 24.3 Å². The number of rotatable bonds is 57. The number of ether oxygens (including phenoxy) is 3. The molecule has 0 aliphatic heterocycles. The second-order valence-electron chi connectivity index (χ2n) is 21.0. The van der Waals surface area contributed by atoms with Crippen molar-refractivity contribution in [2.75, 3.05) is 13.2 Å². The molecule has 1 atom stereocenters. The molecule has 0 aromatic heterocycles. The minimum absolute atomic E-state index is 0.0658. The van der Waals surface area contributed by atoms with E-state index in [0.29, 0.717) is 19.3 Å². The molecule has 0 aromatic rings. The molecule has 0 N–H and O–H groups in total. The Morgan fingerprint density at radius 1 is 0.290 bits per heavy atom. The van der Waals surface area contributed by atoms with Crippen LogP contribution in [0, 0.1) is 0 Å². The molecule has 0 spiro atoms. The molecule has 0 aromatic carbocycles. The van der Waals surface area contributed by atoms with Crippen LogP contribution in [-0.2, 0) is 28.6 Å². The maximum Gasteiger partial charge on any atom is 0.306 e. The van der Waals surface area contributed by atoms with E-state index in [2.05, 4.69) is 45.1 Å². The number of hydrogen-bond donors (Lipinski definition) is 0. The minimum Gasteiger partial charge on any atom is -0.462 e. The lowest BCUT2D eigenvalue weighted by atomic mass is 10.0. The van der Waals surface area contributed by atoms with Crippen molar-refractivity contribution < 1.29 is 28.6 Å². The number of hydrogen-bond acceptors (Lipinski definition) is 6. The highest BCUT2D eigenvalue weighted by Crippen LogP contribution is 2.18. The summed E-state index contributed by atoms with van der Waals surface area (Å²) in [7, 11) is 0. The van der Waals surface area contributed by atoms with E-state index in [0.717, 1.165) is 70.6 Å². The monoisotopic (exact) mass is 971 g/mol. The highest BCUT2D eigenvalue weighted by molar-refractivity contribution is 5.71. The number of carbonyl (C=O) groups excluding carboxylic acids is 3. The number of esters is 3. The van der Waals surface area contributed by atoms with Crippen LogP contribution in [0.5, 0.6) is 0 Å². The SMILES string of the molecule is CCCCCCC/C=C\C/C=C\CCCCCCCCCCCCCCCCCCCC(=O)OCC(COC(=O)CCCCCCC)OC(=O)CCCCCCCCCCCCCCCCCCC. The average molecular weight is 972 g/mol. The predicted molar refractivity (Wildman–Crippen MR) is 298 cm³/mol. The summed E-state index contributed by atoms with van der Waals surface area (Å²) >= 11 is 0. The smallest absolute Gasteiger partial charge is 0.306 e. The van der Waals surface area contributed by atoms with Crippen LogP contribution in [0.2, 0.25) is 0 Å². The largest absolute Gasteiger partial charge is 0.462 e. The zero-order valence-electron chi connectivity index (χ0n) is 46.6. The Kier molecular flexibility index (Phi) is 56.7. The second-order valence-corrected chi connectivity index (χ2v) is 21.0. The van der Waals surface area contributed by atoms with Crippen molar-refractivity contribution in [2.24, 2.45) is 0 Å². The summed E-state index contributed by atoms with van der Waals surface area (Å²) in [5.74, 6) is -0.858. The first kappa shape index (κ1) is 66.9. The van der Waals surface area contributed by atoms with Crippen LogP contribution in [0.1, 0.15) is 342 Å². The Hall–Kier alpha value is -2.11. The van der Waals surface area contributed by atoms with Gasteiger partial charge in [-0.15, -0.1) is 0 Å². The van der Waals surface area contributed by atoms with E-state index in [9.17, 15) is 14.4 Å². The van der Waals surface area contributed by atoms with Crippen LogP contribution >= 0.6 is 0 Å². The van der Waals surface area contributed by atoms with Crippen LogP contribution in [0.4, 0.5) is 0 Å². The summed E-state index contributed by atoms with van der Waals surface area (Å²) in [6, 6.07) is 0. The molecule has 0 aliphatic rings. The highest BCUT2D eigenvalue weighted by atomic mass is 16.6. The molecule has 6 heteroatoms. The molecule has 0 aliphatic carbocycles. The quantitative estimate of drug-likeness (QED) is 0.0261. The third kappa shape index (κ3) is 56.7. The molecular formula is C63H118O6. The Morgan fingerprint density at radius 3 is 0.797 bits per heavy atom. The third-order valence-electron chi connectivity index (χ3n) is 14.0. The van der Waals surface area contributed by atoms with E-state index >= 15 is 0 Å². The summed E-state index contributed by atoms with van der Waals surface area (Å²) < 4.78 is 16.8. The fourth-order valence-electron chi connectivity index (χ4n) is 9.30. The lowest BCUT2D eigenvalue weighted by Crippen LogP contribution is -2.30. The Bertz CT molecular complexity index is 1110. The van der Waals surface area contributed by atoms with Gasteiger partial charge in [-0.05, 0) is 51.4 Å². The maximum absolute atomic E-state index is 12.8. The van der Waals surface area contributed by atoms with E-state index in [4.69, 9.17) is 14.2 Å². The predicted octanol–water partition coefficient (Wildman–Crippen LogP) is 20.7. The molecule has 0 bridgehead atoms. The third-order valence-corrected chi connectivity index (χ3v) is 14.0. The first-order chi connectivity index (χ1) is 34.0. The topological polar surface area (TPSA) is 78.9 Å². The molecule has 406 valence electrons. The summed E-state index contributed by atoms with van der Waals surface area (Å²) in [6.45, 7) is 6.60. The van der Waals surface area contributed by atoms with E-state index < -0.39 is 6.10 Å². The van der Waals surface area contributed by atoms with Crippen LogP contribution in [0.15, 0.2) is 24.3 Å².